The molecular weight excluding hydrogens is 192 g/mol. The SMILES string of the molecule is C1=CC2CCC1C2.C1=CC2CCC1C21CC1. The zero-order valence-corrected chi connectivity index (χ0v) is 10.1. The molecule has 4 unspecified atom stereocenters. The van der Waals surface area contributed by atoms with E-state index in [1.165, 1.54) is 44.9 Å². The van der Waals surface area contributed by atoms with Gasteiger partial charge in [-0.05, 0) is 74.0 Å². The highest BCUT2D eigenvalue weighted by Gasteiger charge is 2.58. The summed E-state index contributed by atoms with van der Waals surface area (Å²) in [5.41, 5.74) is 0.861. The van der Waals surface area contributed by atoms with Crippen LogP contribution >= 0.6 is 0 Å². The second-order valence-electron chi connectivity index (χ2n) is 6.63. The van der Waals surface area contributed by atoms with Gasteiger partial charge in [0.2, 0.25) is 0 Å². The molecule has 0 aromatic heterocycles. The Bertz CT molecular complexity index is 317. The Morgan fingerprint density at radius 1 is 0.688 bits per heavy atom. The van der Waals surface area contributed by atoms with Crippen LogP contribution in [-0.4, -0.2) is 0 Å². The van der Waals surface area contributed by atoms with Crippen molar-refractivity contribution in [1.29, 1.82) is 0 Å². The lowest BCUT2D eigenvalue weighted by molar-refractivity contribution is 0.405. The van der Waals surface area contributed by atoms with Crippen molar-refractivity contribution in [1.82, 2.24) is 0 Å². The van der Waals surface area contributed by atoms with Crippen LogP contribution in [0.3, 0.4) is 0 Å². The maximum Gasteiger partial charge on any atom is -0.0171 e. The topological polar surface area (TPSA) is 0 Å². The molecule has 0 aliphatic heterocycles. The first-order chi connectivity index (χ1) is 7.87. The summed E-state index contributed by atoms with van der Waals surface area (Å²) in [4.78, 5) is 0. The van der Waals surface area contributed by atoms with Gasteiger partial charge in [-0.15, -0.1) is 0 Å². The van der Waals surface area contributed by atoms with Crippen LogP contribution in [0.5, 0.6) is 0 Å². The summed E-state index contributed by atoms with van der Waals surface area (Å²) in [5, 5.41) is 0. The molecule has 0 saturated heterocycles. The molecule has 86 valence electrons. The minimum Gasteiger partial charge on any atom is -0.0851 e. The van der Waals surface area contributed by atoms with Crippen LogP contribution in [0, 0.1) is 29.1 Å². The van der Waals surface area contributed by atoms with Crippen molar-refractivity contribution in [2.24, 2.45) is 29.1 Å². The molecule has 0 nitrogen and oxygen atoms in total. The summed E-state index contributed by atoms with van der Waals surface area (Å²) in [7, 11) is 0. The zero-order valence-electron chi connectivity index (χ0n) is 10.1. The largest absolute Gasteiger partial charge is 0.0851 e. The number of hydrogen-bond donors (Lipinski definition) is 0. The number of rotatable bonds is 0. The van der Waals surface area contributed by atoms with Crippen LogP contribution in [0.1, 0.15) is 44.9 Å². The van der Waals surface area contributed by atoms with Gasteiger partial charge in [-0.3, -0.25) is 0 Å². The van der Waals surface area contributed by atoms with E-state index in [0.29, 0.717) is 0 Å². The van der Waals surface area contributed by atoms with Gasteiger partial charge in [0.15, 0.2) is 0 Å². The van der Waals surface area contributed by atoms with Gasteiger partial charge in [0, 0.05) is 0 Å². The Morgan fingerprint density at radius 3 is 1.44 bits per heavy atom. The van der Waals surface area contributed by atoms with Crippen molar-refractivity contribution in [3.05, 3.63) is 24.3 Å². The number of allylic oxidation sites excluding steroid dienone is 4. The highest BCUT2D eigenvalue weighted by molar-refractivity contribution is 5.23. The normalized spacial score (nSPS) is 47.5. The Labute approximate surface area is 98.8 Å². The van der Waals surface area contributed by atoms with E-state index < -0.39 is 0 Å². The fourth-order valence-corrected chi connectivity index (χ4v) is 4.66. The van der Waals surface area contributed by atoms with Gasteiger partial charge < -0.3 is 0 Å². The first kappa shape index (κ1) is 9.50. The molecule has 5 aliphatic rings. The van der Waals surface area contributed by atoms with Crippen LogP contribution in [0.2, 0.25) is 0 Å². The number of fused-ring (bicyclic) bond motifs is 2. The highest BCUT2D eigenvalue weighted by atomic mass is 14.6. The van der Waals surface area contributed by atoms with E-state index in [-0.39, 0.29) is 0 Å². The fourth-order valence-electron chi connectivity index (χ4n) is 4.66. The molecule has 5 aliphatic carbocycles. The zero-order chi connectivity index (χ0) is 10.6. The summed E-state index contributed by atoms with van der Waals surface area (Å²) in [5.74, 6) is 4.01. The molecule has 0 aromatic carbocycles. The van der Waals surface area contributed by atoms with E-state index in [9.17, 15) is 0 Å². The number of hydrogen-bond acceptors (Lipinski definition) is 0. The molecule has 4 bridgehead atoms. The molecule has 0 N–H and O–H groups in total. The Balaban J connectivity index is 0.0000000935. The van der Waals surface area contributed by atoms with Gasteiger partial charge in [-0.1, -0.05) is 24.3 Å². The van der Waals surface area contributed by atoms with Crippen LogP contribution in [0.25, 0.3) is 0 Å². The third-order valence-corrected chi connectivity index (χ3v) is 5.84. The standard InChI is InChI=1S/C9H12.C7H10/c1-2-8-4-3-7(1)9(8)5-6-9;1-2-7-4-3-6(1)5-7/h1-2,7-8H,3-6H2;1-2,6-7H,3-5H2. The van der Waals surface area contributed by atoms with Crippen LogP contribution in [-0.2, 0) is 0 Å². The van der Waals surface area contributed by atoms with E-state index in [1.807, 2.05) is 0 Å². The summed E-state index contributed by atoms with van der Waals surface area (Å²) in [6.45, 7) is 0. The molecule has 3 fully saturated rings. The second kappa shape index (κ2) is 3.24. The van der Waals surface area contributed by atoms with Crippen molar-refractivity contribution in [3.8, 4) is 0 Å². The lowest BCUT2D eigenvalue weighted by Crippen LogP contribution is -2.05. The summed E-state index contributed by atoms with van der Waals surface area (Å²) < 4.78 is 0. The Kier molecular flexibility index (Phi) is 1.93. The minimum atomic E-state index is 0.861. The maximum absolute atomic E-state index is 2.47. The molecular formula is C16H22. The van der Waals surface area contributed by atoms with Gasteiger partial charge >= 0.3 is 0 Å². The van der Waals surface area contributed by atoms with Crippen molar-refractivity contribution >= 4 is 0 Å². The van der Waals surface area contributed by atoms with Crippen LogP contribution in [0.4, 0.5) is 0 Å². The maximum atomic E-state index is 2.47. The van der Waals surface area contributed by atoms with Gasteiger partial charge in [0.1, 0.15) is 0 Å². The quantitative estimate of drug-likeness (QED) is 0.526. The monoisotopic (exact) mass is 214 g/mol. The van der Waals surface area contributed by atoms with Gasteiger partial charge in [-0.25, -0.2) is 0 Å². The van der Waals surface area contributed by atoms with Gasteiger partial charge in [-0.2, -0.15) is 0 Å². The third kappa shape index (κ3) is 1.28. The molecule has 0 heterocycles. The molecule has 3 saturated carbocycles. The molecule has 0 amide bonds. The van der Waals surface area contributed by atoms with E-state index >= 15 is 0 Å². The molecule has 5 rings (SSSR count). The molecule has 16 heavy (non-hydrogen) atoms. The van der Waals surface area contributed by atoms with Crippen LogP contribution < -0.4 is 0 Å². The first-order valence-electron chi connectivity index (χ1n) is 7.23. The Morgan fingerprint density at radius 2 is 1.25 bits per heavy atom. The summed E-state index contributed by atoms with van der Waals surface area (Å²) in [6.07, 6.45) is 20.2. The average Bonchev–Trinajstić information content (AvgIpc) is 2.69. The van der Waals surface area contributed by atoms with E-state index in [4.69, 9.17) is 0 Å². The lowest BCUT2D eigenvalue weighted by atomic mass is 9.93. The van der Waals surface area contributed by atoms with Crippen molar-refractivity contribution in [3.63, 3.8) is 0 Å². The van der Waals surface area contributed by atoms with E-state index in [0.717, 1.165) is 29.1 Å². The average molecular weight is 214 g/mol. The van der Waals surface area contributed by atoms with Crippen molar-refractivity contribution in [2.75, 3.05) is 0 Å². The van der Waals surface area contributed by atoms with Crippen LogP contribution in [0.15, 0.2) is 24.3 Å². The highest BCUT2D eigenvalue weighted by Crippen LogP contribution is 2.68. The molecule has 0 heteroatoms. The molecule has 0 aromatic rings. The predicted molar refractivity (Wildman–Crippen MR) is 67.0 cm³/mol. The van der Waals surface area contributed by atoms with Gasteiger partial charge in [0.05, 0.1) is 0 Å². The van der Waals surface area contributed by atoms with E-state index in [2.05, 4.69) is 24.3 Å². The predicted octanol–water partition coefficient (Wildman–Crippen LogP) is 4.34. The van der Waals surface area contributed by atoms with Crippen molar-refractivity contribution < 1.29 is 0 Å². The Hall–Kier alpha value is -0.520. The van der Waals surface area contributed by atoms with E-state index in [1.54, 1.807) is 0 Å². The summed E-state index contributed by atoms with van der Waals surface area (Å²) >= 11 is 0. The second-order valence-corrected chi connectivity index (χ2v) is 6.63. The van der Waals surface area contributed by atoms with Gasteiger partial charge in [0.25, 0.3) is 0 Å². The lowest BCUT2D eigenvalue weighted by Gasteiger charge is -2.10. The third-order valence-electron chi connectivity index (χ3n) is 5.84. The van der Waals surface area contributed by atoms with Crippen molar-refractivity contribution in [2.45, 2.75) is 44.9 Å². The molecule has 0 radical (unpaired) electrons. The first-order valence-corrected chi connectivity index (χ1v) is 7.23. The molecule has 4 atom stereocenters. The summed E-state index contributed by atoms with van der Waals surface area (Å²) in [6, 6.07) is 0. The minimum absolute atomic E-state index is 0.861. The smallest absolute Gasteiger partial charge is 0.0171 e. The molecule has 1 spiro atoms. The fraction of sp³-hybridized carbons (Fsp3) is 0.750.